The van der Waals surface area contributed by atoms with Gasteiger partial charge in [0, 0.05) is 6.20 Å². The molecule has 0 bridgehead atoms. The van der Waals surface area contributed by atoms with Crippen molar-refractivity contribution >= 4 is 12.4 Å². The summed E-state index contributed by atoms with van der Waals surface area (Å²) in [6.07, 6.45) is 3.93. The van der Waals surface area contributed by atoms with E-state index in [1.807, 2.05) is 0 Å². The zero-order chi connectivity index (χ0) is 8.97. The molecule has 0 saturated carbocycles. The van der Waals surface area contributed by atoms with E-state index in [4.69, 9.17) is 4.74 Å². The molecule has 3 heteroatoms. The summed E-state index contributed by atoms with van der Waals surface area (Å²) in [5.41, 5.74) is 1.24. The number of nitrogens with zero attached hydrogens (tertiary/aromatic N) is 1. The van der Waals surface area contributed by atoms with Crippen molar-refractivity contribution in [3.63, 3.8) is 0 Å². The Morgan fingerprint density at radius 3 is 2.92 bits per heavy atom. The first-order valence-electron chi connectivity index (χ1n) is 3.43. The number of rotatable bonds is 3. The van der Waals surface area contributed by atoms with Crippen LogP contribution < -0.4 is 4.74 Å². The molecule has 12 heavy (non-hydrogen) atoms. The normalized spacial score (nSPS) is 9.08. The molecule has 0 aliphatic carbocycles. The van der Waals surface area contributed by atoms with Gasteiger partial charge in [-0.3, -0.25) is 4.79 Å². The molecule has 1 heterocycles. The quantitative estimate of drug-likeness (QED) is 0.634. The van der Waals surface area contributed by atoms with Crippen molar-refractivity contribution in [2.45, 2.75) is 0 Å². The van der Waals surface area contributed by atoms with Crippen LogP contribution in [0, 0.1) is 0 Å². The minimum atomic E-state index is 0.343. The highest BCUT2D eigenvalue weighted by Gasteiger charge is 2.02. The summed E-state index contributed by atoms with van der Waals surface area (Å²) in [7, 11) is 1.48. The Kier molecular flexibility index (Phi) is 2.58. The molecular formula is C9H9NO2. The van der Waals surface area contributed by atoms with Gasteiger partial charge in [-0.2, -0.15) is 0 Å². The van der Waals surface area contributed by atoms with E-state index in [0.717, 1.165) is 5.56 Å². The van der Waals surface area contributed by atoms with Gasteiger partial charge in [0.15, 0.2) is 6.29 Å². The smallest absolute Gasteiger partial charge is 0.223 e. The lowest BCUT2D eigenvalue weighted by Crippen LogP contribution is -1.94. The van der Waals surface area contributed by atoms with Crippen molar-refractivity contribution < 1.29 is 9.53 Å². The number of ether oxygens (including phenoxy) is 1. The molecular weight excluding hydrogens is 154 g/mol. The van der Waals surface area contributed by atoms with Crippen molar-refractivity contribution in [1.29, 1.82) is 0 Å². The molecule has 1 aromatic rings. The minimum absolute atomic E-state index is 0.343. The van der Waals surface area contributed by atoms with Crippen LogP contribution in [0.15, 0.2) is 18.8 Å². The van der Waals surface area contributed by atoms with E-state index in [9.17, 15) is 4.79 Å². The Hall–Kier alpha value is -1.64. The molecule has 0 aromatic carbocycles. The molecule has 62 valence electrons. The van der Waals surface area contributed by atoms with E-state index in [2.05, 4.69) is 11.6 Å². The highest BCUT2D eigenvalue weighted by Crippen LogP contribution is 2.14. The van der Waals surface area contributed by atoms with Crippen molar-refractivity contribution in [1.82, 2.24) is 4.98 Å². The zero-order valence-corrected chi connectivity index (χ0v) is 6.78. The lowest BCUT2D eigenvalue weighted by molar-refractivity contribution is 0.112. The lowest BCUT2D eigenvalue weighted by Gasteiger charge is -2.01. The summed E-state index contributed by atoms with van der Waals surface area (Å²) in [4.78, 5) is 14.4. The van der Waals surface area contributed by atoms with Crippen LogP contribution in [-0.2, 0) is 0 Å². The van der Waals surface area contributed by atoms with Crippen LogP contribution in [0.3, 0.4) is 0 Å². The standard InChI is InChI=1S/C9H9NO2/c1-3-7-4-8(6-11)9(12-2)10-5-7/h3-6H,1H2,2H3. The molecule has 1 aromatic heterocycles. The van der Waals surface area contributed by atoms with Crippen LogP contribution in [0.2, 0.25) is 0 Å². The number of hydrogen-bond acceptors (Lipinski definition) is 3. The van der Waals surface area contributed by atoms with Gasteiger partial charge in [0.1, 0.15) is 0 Å². The molecule has 0 amide bonds. The monoisotopic (exact) mass is 163 g/mol. The van der Waals surface area contributed by atoms with Crippen molar-refractivity contribution in [3.8, 4) is 5.88 Å². The summed E-state index contributed by atoms with van der Waals surface area (Å²) < 4.78 is 4.86. The second-order valence-corrected chi connectivity index (χ2v) is 2.19. The number of aromatic nitrogens is 1. The van der Waals surface area contributed by atoms with Crippen LogP contribution in [0.25, 0.3) is 6.08 Å². The van der Waals surface area contributed by atoms with E-state index in [-0.39, 0.29) is 0 Å². The number of aldehydes is 1. The Morgan fingerprint density at radius 1 is 1.67 bits per heavy atom. The first-order chi connectivity index (χ1) is 5.81. The second kappa shape index (κ2) is 3.67. The number of carbonyl (C=O) groups excluding carboxylic acids is 1. The van der Waals surface area contributed by atoms with Gasteiger partial charge in [-0.05, 0) is 11.6 Å². The number of carbonyl (C=O) groups is 1. The van der Waals surface area contributed by atoms with Gasteiger partial charge in [-0.1, -0.05) is 12.7 Å². The Balaban J connectivity index is 3.18. The Bertz CT molecular complexity index is 307. The molecule has 3 nitrogen and oxygen atoms in total. The summed E-state index contributed by atoms with van der Waals surface area (Å²) in [6.45, 7) is 3.57. The van der Waals surface area contributed by atoms with Gasteiger partial charge >= 0.3 is 0 Å². The predicted molar refractivity (Wildman–Crippen MR) is 46.3 cm³/mol. The maximum atomic E-state index is 10.5. The summed E-state index contributed by atoms with van der Waals surface area (Å²) in [5, 5.41) is 0. The number of methoxy groups -OCH3 is 1. The summed E-state index contributed by atoms with van der Waals surface area (Å²) >= 11 is 0. The zero-order valence-electron chi connectivity index (χ0n) is 6.78. The Labute approximate surface area is 70.7 Å². The highest BCUT2D eigenvalue weighted by atomic mass is 16.5. The predicted octanol–water partition coefficient (Wildman–Crippen LogP) is 1.55. The topological polar surface area (TPSA) is 39.2 Å². The molecule has 0 atom stereocenters. The van der Waals surface area contributed by atoms with E-state index in [1.165, 1.54) is 7.11 Å². The summed E-state index contributed by atoms with van der Waals surface area (Å²) in [5.74, 6) is 0.343. The first-order valence-corrected chi connectivity index (χ1v) is 3.43. The van der Waals surface area contributed by atoms with Gasteiger partial charge in [0.25, 0.3) is 0 Å². The van der Waals surface area contributed by atoms with Crippen LogP contribution in [0.5, 0.6) is 5.88 Å². The largest absolute Gasteiger partial charge is 0.480 e. The van der Waals surface area contributed by atoms with Gasteiger partial charge < -0.3 is 4.74 Å². The fourth-order valence-corrected chi connectivity index (χ4v) is 0.853. The fraction of sp³-hybridized carbons (Fsp3) is 0.111. The SMILES string of the molecule is C=Cc1cnc(OC)c(C=O)c1. The van der Waals surface area contributed by atoms with Crippen molar-refractivity contribution in [2.75, 3.05) is 7.11 Å². The van der Waals surface area contributed by atoms with Crippen LogP contribution in [-0.4, -0.2) is 18.4 Å². The average molecular weight is 163 g/mol. The average Bonchev–Trinajstić information content (AvgIpc) is 2.16. The third-order valence-corrected chi connectivity index (χ3v) is 1.46. The number of pyridine rings is 1. The molecule has 1 rings (SSSR count). The molecule has 0 radical (unpaired) electrons. The van der Waals surface area contributed by atoms with Gasteiger partial charge in [0.05, 0.1) is 12.7 Å². The maximum absolute atomic E-state index is 10.5. The third-order valence-electron chi connectivity index (χ3n) is 1.46. The molecule has 0 saturated heterocycles. The van der Waals surface area contributed by atoms with Gasteiger partial charge in [-0.25, -0.2) is 4.98 Å². The van der Waals surface area contributed by atoms with Crippen LogP contribution in [0.4, 0.5) is 0 Å². The molecule has 0 spiro atoms. The van der Waals surface area contributed by atoms with E-state index >= 15 is 0 Å². The first kappa shape index (κ1) is 8.46. The maximum Gasteiger partial charge on any atom is 0.223 e. The lowest BCUT2D eigenvalue weighted by atomic mass is 10.2. The van der Waals surface area contributed by atoms with Gasteiger partial charge in [0.2, 0.25) is 5.88 Å². The van der Waals surface area contributed by atoms with Crippen molar-refractivity contribution in [2.24, 2.45) is 0 Å². The molecule has 0 aliphatic heterocycles. The highest BCUT2D eigenvalue weighted by molar-refractivity contribution is 5.79. The molecule has 0 fully saturated rings. The van der Waals surface area contributed by atoms with E-state index in [1.54, 1.807) is 18.3 Å². The molecule has 0 aliphatic rings. The third kappa shape index (κ3) is 1.50. The Morgan fingerprint density at radius 2 is 2.42 bits per heavy atom. The molecule has 0 unspecified atom stereocenters. The minimum Gasteiger partial charge on any atom is -0.480 e. The van der Waals surface area contributed by atoms with E-state index in [0.29, 0.717) is 17.7 Å². The van der Waals surface area contributed by atoms with E-state index < -0.39 is 0 Å². The molecule has 0 N–H and O–H groups in total. The second-order valence-electron chi connectivity index (χ2n) is 2.19. The van der Waals surface area contributed by atoms with Crippen LogP contribution in [0.1, 0.15) is 15.9 Å². The summed E-state index contributed by atoms with van der Waals surface area (Å²) in [6, 6.07) is 1.67. The number of hydrogen-bond donors (Lipinski definition) is 0. The fourth-order valence-electron chi connectivity index (χ4n) is 0.853. The van der Waals surface area contributed by atoms with Crippen molar-refractivity contribution in [3.05, 3.63) is 30.0 Å². The van der Waals surface area contributed by atoms with Crippen LogP contribution >= 0.6 is 0 Å². The van der Waals surface area contributed by atoms with Gasteiger partial charge in [-0.15, -0.1) is 0 Å².